The van der Waals surface area contributed by atoms with Gasteiger partial charge >= 0.3 is 5.97 Å². The van der Waals surface area contributed by atoms with Crippen molar-refractivity contribution in [2.75, 3.05) is 6.61 Å². The van der Waals surface area contributed by atoms with Gasteiger partial charge in [-0.25, -0.2) is 14.2 Å². The minimum atomic E-state index is -0.453. The first-order valence-electron chi connectivity index (χ1n) is 4.63. The minimum absolute atomic E-state index is 0.298. The van der Waals surface area contributed by atoms with Gasteiger partial charge in [-0.05, 0) is 35.6 Å². The zero-order chi connectivity index (χ0) is 11.7. The lowest BCUT2D eigenvalue weighted by molar-refractivity contribution is 0.0519. The van der Waals surface area contributed by atoms with Crippen LogP contribution >= 0.6 is 22.6 Å². The summed E-state index contributed by atoms with van der Waals surface area (Å²) in [6, 6.07) is 1.34. The van der Waals surface area contributed by atoms with Crippen molar-refractivity contribution in [1.29, 1.82) is 0 Å². The molecule has 0 bridgehead atoms. The fourth-order valence-corrected chi connectivity index (χ4v) is 2.12. The van der Waals surface area contributed by atoms with E-state index < -0.39 is 11.8 Å². The molecule has 0 amide bonds. The van der Waals surface area contributed by atoms with Crippen LogP contribution in [0.1, 0.15) is 17.4 Å². The van der Waals surface area contributed by atoms with Gasteiger partial charge in [0.15, 0.2) is 0 Å². The van der Waals surface area contributed by atoms with Gasteiger partial charge < -0.3 is 9.72 Å². The normalized spacial score (nSPS) is 10.7. The number of fused-ring (bicyclic) bond motifs is 1. The number of hydrogen-bond acceptors (Lipinski definition) is 3. The Morgan fingerprint density at radius 3 is 3.12 bits per heavy atom. The molecular weight excluding hydrogens is 326 g/mol. The second-order valence-electron chi connectivity index (χ2n) is 3.08. The lowest BCUT2D eigenvalue weighted by atomic mass is 10.3. The molecule has 1 N–H and O–H groups in total. The van der Waals surface area contributed by atoms with E-state index in [0.29, 0.717) is 26.9 Å². The molecule has 0 radical (unpaired) electrons. The number of esters is 1. The average molecular weight is 334 g/mol. The van der Waals surface area contributed by atoms with E-state index in [4.69, 9.17) is 4.74 Å². The molecule has 0 fully saturated rings. The molecule has 0 aliphatic carbocycles. The van der Waals surface area contributed by atoms with Crippen LogP contribution in [0, 0.1) is 9.39 Å². The summed E-state index contributed by atoms with van der Waals surface area (Å²) in [6.45, 7) is 2.03. The van der Waals surface area contributed by atoms with E-state index in [-0.39, 0.29) is 0 Å². The maximum atomic E-state index is 13.0. The summed E-state index contributed by atoms with van der Waals surface area (Å²) in [6.07, 6.45) is 1.10. The molecule has 0 aliphatic heterocycles. The smallest absolute Gasteiger partial charge is 0.355 e. The van der Waals surface area contributed by atoms with E-state index in [1.165, 1.54) is 6.07 Å². The first-order valence-corrected chi connectivity index (χ1v) is 5.71. The number of pyridine rings is 1. The summed E-state index contributed by atoms with van der Waals surface area (Å²) in [4.78, 5) is 18.2. The molecule has 0 aromatic carbocycles. The van der Waals surface area contributed by atoms with Crippen molar-refractivity contribution in [2.45, 2.75) is 6.92 Å². The Morgan fingerprint density at radius 2 is 2.44 bits per heavy atom. The topological polar surface area (TPSA) is 55.0 Å². The minimum Gasteiger partial charge on any atom is -0.461 e. The third-order valence-electron chi connectivity index (χ3n) is 2.03. The molecule has 0 unspecified atom stereocenters. The summed E-state index contributed by atoms with van der Waals surface area (Å²) < 4.78 is 18.5. The van der Waals surface area contributed by atoms with Gasteiger partial charge in [0.05, 0.1) is 16.4 Å². The number of aromatic nitrogens is 2. The molecule has 0 spiro atoms. The highest BCUT2D eigenvalue weighted by atomic mass is 127. The predicted octanol–water partition coefficient (Wildman–Crippen LogP) is 2.48. The van der Waals surface area contributed by atoms with Gasteiger partial charge in [-0.3, -0.25) is 0 Å². The highest BCUT2D eigenvalue weighted by molar-refractivity contribution is 14.1. The SMILES string of the molecule is CCOC(=O)c1[nH]c2ncc(F)cc2c1I. The predicted molar refractivity (Wildman–Crippen MR) is 64.7 cm³/mol. The molecule has 2 rings (SSSR count). The maximum absolute atomic E-state index is 13.0. The number of H-pyrrole nitrogens is 1. The zero-order valence-electron chi connectivity index (χ0n) is 8.38. The van der Waals surface area contributed by atoms with Crippen molar-refractivity contribution >= 4 is 39.6 Å². The number of nitrogens with zero attached hydrogens (tertiary/aromatic N) is 1. The molecule has 2 heterocycles. The van der Waals surface area contributed by atoms with Crippen LogP contribution in [0.5, 0.6) is 0 Å². The fraction of sp³-hybridized carbons (Fsp3) is 0.200. The van der Waals surface area contributed by atoms with Crippen LogP contribution in [0.4, 0.5) is 4.39 Å². The lowest BCUT2D eigenvalue weighted by Crippen LogP contribution is -2.06. The van der Waals surface area contributed by atoms with Gasteiger partial charge in [-0.1, -0.05) is 0 Å². The fourth-order valence-electron chi connectivity index (χ4n) is 1.36. The number of carbonyl (C=O) groups excluding carboxylic acids is 1. The Balaban J connectivity index is 2.56. The first-order chi connectivity index (χ1) is 7.63. The molecule has 2 aromatic heterocycles. The van der Waals surface area contributed by atoms with Crippen LogP contribution in [0.15, 0.2) is 12.3 Å². The molecule has 0 saturated heterocycles. The second kappa shape index (κ2) is 4.36. The van der Waals surface area contributed by atoms with Gasteiger partial charge in [-0.2, -0.15) is 0 Å². The van der Waals surface area contributed by atoms with Gasteiger partial charge in [0.25, 0.3) is 0 Å². The Bertz CT molecular complexity index is 553. The third-order valence-corrected chi connectivity index (χ3v) is 3.15. The van der Waals surface area contributed by atoms with E-state index in [1.807, 2.05) is 22.6 Å². The standard InChI is InChI=1S/C10H8FIN2O2/c1-2-16-10(15)8-7(12)6-3-5(11)4-13-9(6)14-8/h3-4H,2H2,1H3,(H,13,14). The van der Waals surface area contributed by atoms with Crippen LogP contribution in [-0.4, -0.2) is 22.5 Å². The summed E-state index contributed by atoms with van der Waals surface area (Å²) in [5.41, 5.74) is 0.796. The van der Waals surface area contributed by atoms with E-state index >= 15 is 0 Å². The van der Waals surface area contributed by atoms with Crippen molar-refractivity contribution in [3.63, 3.8) is 0 Å². The van der Waals surface area contributed by atoms with Gasteiger partial charge in [0.1, 0.15) is 17.2 Å². The van der Waals surface area contributed by atoms with Crippen molar-refractivity contribution in [3.8, 4) is 0 Å². The maximum Gasteiger partial charge on any atom is 0.355 e. The van der Waals surface area contributed by atoms with Crippen molar-refractivity contribution < 1.29 is 13.9 Å². The number of ether oxygens (including phenoxy) is 1. The van der Waals surface area contributed by atoms with Gasteiger partial charge in [0.2, 0.25) is 0 Å². The van der Waals surface area contributed by atoms with Crippen LogP contribution in [0.3, 0.4) is 0 Å². The van der Waals surface area contributed by atoms with Crippen LogP contribution < -0.4 is 0 Å². The monoisotopic (exact) mass is 334 g/mol. The van der Waals surface area contributed by atoms with Crippen molar-refractivity contribution in [2.24, 2.45) is 0 Å². The van der Waals surface area contributed by atoms with Crippen molar-refractivity contribution in [1.82, 2.24) is 9.97 Å². The first kappa shape index (κ1) is 11.3. The summed E-state index contributed by atoms with van der Waals surface area (Å²) in [5, 5.41) is 0.587. The Morgan fingerprint density at radius 1 is 1.69 bits per heavy atom. The number of rotatable bonds is 2. The van der Waals surface area contributed by atoms with Crippen molar-refractivity contribution in [3.05, 3.63) is 27.3 Å². The second-order valence-corrected chi connectivity index (χ2v) is 4.16. The average Bonchev–Trinajstić information content (AvgIpc) is 2.57. The number of nitrogens with one attached hydrogen (secondary N) is 1. The number of carbonyl (C=O) groups is 1. The summed E-state index contributed by atoms with van der Waals surface area (Å²) >= 11 is 1.97. The van der Waals surface area contributed by atoms with Crippen LogP contribution in [-0.2, 0) is 4.74 Å². The van der Waals surface area contributed by atoms with Gasteiger partial charge in [-0.15, -0.1) is 0 Å². The number of hydrogen-bond donors (Lipinski definition) is 1. The highest BCUT2D eigenvalue weighted by Crippen LogP contribution is 2.23. The van der Waals surface area contributed by atoms with E-state index in [2.05, 4.69) is 9.97 Å². The molecule has 84 valence electrons. The van der Waals surface area contributed by atoms with E-state index in [9.17, 15) is 9.18 Å². The lowest BCUT2D eigenvalue weighted by Gasteiger charge is -1.98. The third kappa shape index (κ3) is 1.89. The molecule has 6 heteroatoms. The zero-order valence-corrected chi connectivity index (χ0v) is 10.5. The van der Waals surface area contributed by atoms with E-state index in [1.54, 1.807) is 6.92 Å². The van der Waals surface area contributed by atoms with Gasteiger partial charge in [0, 0.05) is 5.39 Å². The number of aromatic amines is 1. The molecule has 2 aromatic rings. The quantitative estimate of drug-likeness (QED) is 0.678. The van der Waals surface area contributed by atoms with Crippen LogP contribution in [0.2, 0.25) is 0 Å². The molecule has 0 atom stereocenters. The molecule has 16 heavy (non-hydrogen) atoms. The highest BCUT2D eigenvalue weighted by Gasteiger charge is 2.17. The Hall–Kier alpha value is -1.18. The molecule has 0 aliphatic rings. The molecule has 0 saturated carbocycles. The molecular formula is C10H8FIN2O2. The number of halogens is 2. The largest absolute Gasteiger partial charge is 0.461 e. The van der Waals surface area contributed by atoms with Crippen LogP contribution in [0.25, 0.3) is 11.0 Å². The van der Waals surface area contributed by atoms with E-state index in [0.717, 1.165) is 6.20 Å². The molecule has 4 nitrogen and oxygen atoms in total. The Kier molecular flexibility index (Phi) is 3.08. The Labute approximate surface area is 104 Å². The summed E-state index contributed by atoms with van der Waals surface area (Å²) in [7, 11) is 0. The summed E-state index contributed by atoms with van der Waals surface area (Å²) in [5.74, 6) is -0.884.